The van der Waals surface area contributed by atoms with Crippen molar-refractivity contribution in [2.75, 3.05) is 74.9 Å². The summed E-state index contributed by atoms with van der Waals surface area (Å²) in [5.74, 6) is 2.90. The van der Waals surface area contributed by atoms with E-state index in [2.05, 4.69) is 40.7 Å². The van der Waals surface area contributed by atoms with Crippen LogP contribution >= 0.6 is 0 Å². The lowest BCUT2D eigenvalue weighted by atomic mass is 10.0. The Morgan fingerprint density at radius 3 is 2.55 bits per heavy atom. The molecule has 1 unspecified atom stereocenters. The van der Waals surface area contributed by atoms with Crippen LogP contribution in [0.2, 0.25) is 0 Å². The van der Waals surface area contributed by atoms with E-state index < -0.39 is 0 Å². The third kappa shape index (κ3) is 8.55. The van der Waals surface area contributed by atoms with Crippen LogP contribution < -0.4 is 20.1 Å². The molecule has 1 heterocycles. The largest absolute Gasteiger partial charge is 0.493 e. The van der Waals surface area contributed by atoms with Crippen LogP contribution in [0.4, 0.5) is 0 Å². The van der Waals surface area contributed by atoms with Gasteiger partial charge in [0.15, 0.2) is 17.5 Å². The molecule has 2 N–H and O–H groups in total. The van der Waals surface area contributed by atoms with Crippen molar-refractivity contribution in [2.24, 2.45) is 10.9 Å². The zero-order valence-corrected chi connectivity index (χ0v) is 19.8. The Morgan fingerprint density at radius 2 is 1.90 bits per heavy atom. The zero-order valence-electron chi connectivity index (χ0n) is 19.8. The molecule has 0 spiro atoms. The summed E-state index contributed by atoms with van der Waals surface area (Å²) in [6.07, 6.45) is 3.17. The first kappa shape index (κ1) is 25.2. The number of hydrogen-bond donors (Lipinski definition) is 2. The average molecular weight is 437 g/mol. The third-order valence-electron chi connectivity index (χ3n) is 5.55. The first-order valence-electron chi connectivity index (χ1n) is 11.1. The van der Waals surface area contributed by atoms with Gasteiger partial charge in [0.1, 0.15) is 0 Å². The Labute approximate surface area is 187 Å². The number of guanidine groups is 1. The minimum Gasteiger partial charge on any atom is -0.493 e. The molecule has 0 aromatic heterocycles. The number of benzene rings is 1. The van der Waals surface area contributed by atoms with E-state index in [4.69, 9.17) is 18.9 Å². The molecule has 8 nitrogen and oxygen atoms in total. The van der Waals surface area contributed by atoms with E-state index in [1.54, 1.807) is 21.3 Å². The highest BCUT2D eigenvalue weighted by atomic mass is 16.5. The van der Waals surface area contributed by atoms with Crippen molar-refractivity contribution in [1.82, 2.24) is 15.5 Å². The maximum atomic E-state index is 5.83. The minimum atomic E-state index is 0.154. The summed E-state index contributed by atoms with van der Waals surface area (Å²) in [5, 5.41) is 6.80. The summed E-state index contributed by atoms with van der Waals surface area (Å²) in [5.41, 5.74) is 1.15. The van der Waals surface area contributed by atoms with Gasteiger partial charge in [-0.05, 0) is 57.0 Å². The maximum absolute atomic E-state index is 5.83. The van der Waals surface area contributed by atoms with Gasteiger partial charge < -0.3 is 34.5 Å². The fourth-order valence-corrected chi connectivity index (χ4v) is 3.62. The summed E-state index contributed by atoms with van der Waals surface area (Å²) in [4.78, 5) is 6.51. The Bertz CT molecular complexity index is 663. The van der Waals surface area contributed by atoms with Crippen LogP contribution in [0, 0.1) is 5.92 Å². The first-order chi connectivity index (χ1) is 15.1. The van der Waals surface area contributed by atoms with E-state index in [-0.39, 0.29) is 6.04 Å². The Hall–Kier alpha value is -2.03. The van der Waals surface area contributed by atoms with Crippen LogP contribution in [0.15, 0.2) is 23.2 Å². The second-order valence-corrected chi connectivity index (χ2v) is 7.96. The number of likely N-dealkylation sites (N-methyl/N-ethyl adjacent to an activating group) is 1. The highest BCUT2D eigenvalue weighted by molar-refractivity contribution is 5.79. The van der Waals surface area contributed by atoms with Gasteiger partial charge in [0.2, 0.25) is 0 Å². The minimum absolute atomic E-state index is 0.154. The summed E-state index contributed by atoms with van der Waals surface area (Å²) in [6, 6.07) is 6.19. The number of aliphatic imine (C=N–C) groups is 1. The molecule has 1 aliphatic heterocycles. The van der Waals surface area contributed by atoms with E-state index in [1.165, 1.54) is 0 Å². The molecular weight excluding hydrogens is 396 g/mol. The van der Waals surface area contributed by atoms with Gasteiger partial charge in [-0.25, -0.2) is 0 Å². The summed E-state index contributed by atoms with van der Waals surface area (Å²) < 4.78 is 22.0. The van der Waals surface area contributed by atoms with Gasteiger partial charge in [0, 0.05) is 46.6 Å². The molecule has 176 valence electrons. The van der Waals surface area contributed by atoms with Crippen LogP contribution in [0.1, 0.15) is 30.9 Å². The molecule has 1 aromatic rings. The molecule has 1 saturated heterocycles. The molecular formula is C23H40N4O4. The van der Waals surface area contributed by atoms with Crippen molar-refractivity contribution in [3.63, 3.8) is 0 Å². The molecule has 0 amide bonds. The van der Waals surface area contributed by atoms with Crippen LogP contribution in [0.5, 0.6) is 11.5 Å². The Morgan fingerprint density at radius 1 is 1.16 bits per heavy atom. The van der Waals surface area contributed by atoms with Crippen LogP contribution in [-0.2, 0) is 9.47 Å². The van der Waals surface area contributed by atoms with Gasteiger partial charge in [-0.1, -0.05) is 6.07 Å². The highest BCUT2D eigenvalue weighted by Crippen LogP contribution is 2.31. The summed E-state index contributed by atoms with van der Waals surface area (Å²) in [7, 11) is 9.22. The van der Waals surface area contributed by atoms with Crippen molar-refractivity contribution in [3.05, 3.63) is 23.8 Å². The van der Waals surface area contributed by atoms with E-state index in [0.29, 0.717) is 12.5 Å². The number of nitrogens with zero attached hydrogens (tertiary/aromatic N) is 2. The SMILES string of the molecule is CN=C(NCCCOCC1CCOCC1)NCC(c1ccc(OC)c(OC)c1)N(C)C. The highest BCUT2D eigenvalue weighted by Gasteiger charge is 2.17. The molecule has 0 aliphatic carbocycles. The van der Waals surface area contributed by atoms with Crippen molar-refractivity contribution in [1.29, 1.82) is 0 Å². The molecule has 0 saturated carbocycles. The molecule has 1 fully saturated rings. The van der Waals surface area contributed by atoms with E-state index in [9.17, 15) is 0 Å². The van der Waals surface area contributed by atoms with Crippen LogP contribution in [0.3, 0.4) is 0 Å². The molecule has 31 heavy (non-hydrogen) atoms. The molecule has 8 heteroatoms. The molecule has 1 aromatic carbocycles. The predicted octanol–water partition coefficient (Wildman–Crippen LogP) is 2.30. The number of rotatable bonds is 12. The smallest absolute Gasteiger partial charge is 0.191 e. The van der Waals surface area contributed by atoms with E-state index in [0.717, 1.165) is 75.3 Å². The first-order valence-corrected chi connectivity index (χ1v) is 11.1. The molecule has 0 radical (unpaired) electrons. The van der Waals surface area contributed by atoms with Crippen molar-refractivity contribution in [3.8, 4) is 11.5 Å². The van der Waals surface area contributed by atoms with Gasteiger partial charge in [0.25, 0.3) is 0 Å². The number of hydrogen-bond acceptors (Lipinski definition) is 6. The third-order valence-corrected chi connectivity index (χ3v) is 5.55. The molecule has 2 rings (SSSR count). The Balaban J connectivity index is 1.74. The normalized spacial score (nSPS) is 16.3. The van der Waals surface area contributed by atoms with Gasteiger partial charge in [-0.2, -0.15) is 0 Å². The summed E-state index contributed by atoms with van der Waals surface area (Å²) >= 11 is 0. The van der Waals surface area contributed by atoms with Crippen molar-refractivity contribution < 1.29 is 18.9 Å². The van der Waals surface area contributed by atoms with Gasteiger partial charge in [0.05, 0.1) is 20.3 Å². The lowest BCUT2D eigenvalue weighted by molar-refractivity contribution is 0.0203. The topological polar surface area (TPSA) is 76.6 Å². The quantitative estimate of drug-likeness (QED) is 0.296. The van der Waals surface area contributed by atoms with E-state index in [1.807, 2.05) is 12.1 Å². The van der Waals surface area contributed by atoms with Gasteiger partial charge in [-0.15, -0.1) is 0 Å². The molecule has 1 aliphatic rings. The second-order valence-electron chi connectivity index (χ2n) is 7.96. The van der Waals surface area contributed by atoms with Gasteiger partial charge in [-0.3, -0.25) is 4.99 Å². The molecule has 0 bridgehead atoms. The predicted molar refractivity (Wildman–Crippen MR) is 124 cm³/mol. The standard InChI is InChI=1S/C23H40N4O4/c1-24-23(25-11-6-12-31-17-18-9-13-30-14-10-18)26-16-20(27(2)3)19-7-8-21(28-4)22(15-19)29-5/h7-8,15,18,20H,6,9-14,16-17H2,1-5H3,(H2,24,25,26). The zero-order chi connectivity index (χ0) is 22.5. The Kier molecular flexibility index (Phi) is 11.5. The lowest BCUT2D eigenvalue weighted by Gasteiger charge is -2.26. The summed E-state index contributed by atoms with van der Waals surface area (Å²) in [6.45, 7) is 4.86. The second kappa shape index (κ2) is 14.1. The van der Waals surface area contributed by atoms with E-state index >= 15 is 0 Å². The van der Waals surface area contributed by atoms with Gasteiger partial charge >= 0.3 is 0 Å². The van der Waals surface area contributed by atoms with Crippen LogP contribution in [-0.4, -0.2) is 85.7 Å². The monoisotopic (exact) mass is 436 g/mol. The lowest BCUT2D eigenvalue weighted by Crippen LogP contribution is -2.42. The average Bonchev–Trinajstić information content (AvgIpc) is 2.80. The fourth-order valence-electron chi connectivity index (χ4n) is 3.62. The maximum Gasteiger partial charge on any atom is 0.191 e. The number of ether oxygens (including phenoxy) is 4. The number of nitrogens with one attached hydrogen (secondary N) is 2. The number of methoxy groups -OCH3 is 2. The fraction of sp³-hybridized carbons (Fsp3) is 0.696. The van der Waals surface area contributed by atoms with Crippen LogP contribution in [0.25, 0.3) is 0 Å². The van der Waals surface area contributed by atoms with Crippen molar-refractivity contribution in [2.45, 2.75) is 25.3 Å². The van der Waals surface area contributed by atoms with Crippen molar-refractivity contribution >= 4 is 5.96 Å². The molecule has 1 atom stereocenters.